The SMILES string of the molecule is O=C(NCC(O)c1ccccc1)Nc1ccc(I)cc1. The average Bonchev–Trinajstić information content (AvgIpc) is 2.48. The first-order valence-electron chi connectivity index (χ1n) is 6.18. The number of benzene rings is 2. The molecule has 1 unspecified atom stereocenters. The Balaban J connectivity index is 1.82. The van der Waals surface area contributed by atoms with Crippen LogP contribution in [0.25, 0.3) is 0 Å². The van der Waals surface area contributed by atoms with Crippen LogP contribution in [0, 0.1) is 3.57 Å². The fraction of sp³-hybridized carbons (Fsp3) is 0.133. The summed E-state index contributed by atoms with van der Waals surface area (Å²) in [5.41, 5.74) is 1.50. The van der Waals surface area contributed by atoms with Crippen molar-refractivity contribution in [2.24, 2.45) is 0 Å². The highest BCUT2D eigenvalue weighted by Gasteiger charge is 2.08. The molecule has 0 saturated carbocycles. The topological polar surface area (TPSA) is 61.4 Å². The lowest BCUT2D eigenvalue weighted by Crippen LogP contribution is -2.32. The molecule has 5 heteroatoms. The predicted molar refractivity (Wildman–Crippen MR) is 87.6 cm³/mol. The predicted octanol–water partition coefficient (Wildman–Crippen LogP) is 3.15. The van der Waals surface area contributed by atoms with E-state index in [0.717, 1.165) is 14.8 Å². The van der Waals surface area contributed by atoms with Gasteiger partial charge >= 0.3 is 6.03 Å². The summed E-state index contributed by atoms with van der Waals surface area (Å²) in [6, 6.07) is 16.4. The maximum Gasteiger partial charge on any atom is 0.319 e. The van der Waals surface area contributed by atoms with Crippen molar-refractivity contribution in [1.29, 1.82) is 0 Å². The van der Waals surface area contributed by atoms with Crippen LogP contribution in [0.2, 0.25) is 0 Å². The summed E-state index contributed by atoms with van der Waals surface area (Å²) in [6.07, 6.45) is -0.710. The summed E-state index contributed by atoms with van der Waals surface area (Å²) in [5, 5.41) is 15.3. The molecule has 2 rings (SSSR count). The molecule has 0 spiro atoms. The molecule has 4 nitrogen and oxygen atoms in total. The van der Waals surface area contributed by atoms with Crippen LogP contribution in [0.3, 0.4) is 0 Å². The second kappa shape index (κ2) is 7.25. The number of aliphatic hydroxyl groups excluding tert-OH is 1. The fourth-order valence-electron chi connectivity index (χ4n) is 1.69. The molecule has 0 bridgehead atoms. The minimum atomic E-state index is -0.710. The zero-order valence-corrected chi connectivity index (χ0v) is 12.9. The van der Waals surface area contributed by atoms with E-state index in [1.54, 1.807) is 0 Å². The van der Waals surface area contributed by atoms with Gasteiger partial charge in [0.2, 0.25) is 0 Å². The lowest BCUT2D eigenvalue weighted by atomic mass is 10.1. The third-order valence-corrected chi connectivity index (χ3v) is 3.46. The van der Waals surface area contributed by atoms with Gasteiger partial charge in [-0.15, -0.1) is 0 Å². The van der Waals surface area contributed by atoms with Gasteiger partial charge in [0.15, 0.2) is 0 Å². The van der Waals surface area contributed by atoms with E-state index >= 15 is 0 Å². The largest absolute Gasteiger partial charge is 0.387 e. The molecule has 0 saturated heterocycles. The van der Waals surface area contributed by atoms with Crippen LogP contribution < -0.4 is 10.6 Å². The molecule has 20 heavy (non-hydrogen) atoms. The van der Waals surface area contributed by atoms with Crippen LogP contribution in [-0.2, 0) is 0 Å². The zero-order valence-electron chi connectivity index (χ0n) is 10.7. The van der Waals surface area contributed by atoms with Gasteiger partial charge in [-0.3, -0.25) is 0 Å². The molecular weight excluding hydrogens is 367 g/mol. The highest BCUT2D eigenvalue weighted by atomic mass is 127. The van der Waals surface area contributed by atoms with Crippen molar-refractivity contribution < 1.29 is 9.90 Å². The molecule has 2 aromatic rings. The lowest BCUT2D eigenvalue weighted by molar-refractivity contribution is 0.175. The number of halogens is 1. The van der Waals surface area contributed by atoms with Crippen LogP contribution in [0.1, 0.15) is 11.7 Å². The lowest BCUT2D eigenvalue weighted by Gasteiger charge is -2.13. The van der Waals surface area contributed by atoms with Crippen molar-refractivity contribution in [3.63, 3.8) is 0 Å². The van der Waals surface area contributed by atoms with Crippen molar-refractivity contribution >= 4 is 34.3 Å². The van der Waals surface area contributed by atoms with E-state index in [-0.39, 0.29) is 12.6 Å². The number of hydrogen-bond acceptors (Lipinski definition) is 2. The molecule has 0 radical (unpaired) electrons. The second-order valence-corrected chi connectivity index (χ2v) is 5.51. The summed E-state index contributed by atoms with van der Waals surface area (Å²) < 4.78 is 1.10. The Labute approximate surface area is 131 Å². The highest BCUT2D eigenvalue weighted by molar-refractivity contribution is 14.1. The van der Waals surface area contributed by atoms with E-state index in [1.165, 1.54) is 0 Å². The minimum absolute atomic E-state index is 0.167. The molecule has 0 heterocycles. The smallest absolute Gasteiger partial charge is 0.319 e. The molecule has 1 atom stereocenters. The van der Waals surface area contributed by atoms with Gasteiger partial charge in [-0.05, 0) is 52.4 Å². The van der Waals surface area contributed by atoms with Gasteiger partial charge < -0.3 is 15.7 Å². The van der Waals surface area contributed by atoms with Crippen molar-refractivity contribution in [1.82, 2.24) is 5.32 Å². The van der Waals surface area contributed by atoms with E-state index < -0.39 is 6.10 Å². The maximum absolute atomic E-state index is 11.7. The van der Waals surface area contributed by atoms with Crippen molar-refractivity contribution in [2.75, 3.05) is 11.9 Å². The Morgan fingerprint density at radius 2 is 1.75 bits per heavy atom. The molecule has 2 amide bonds. The van der Waals surface area contributed by atoms with Crippen molar-refractivity contribution in [3.05, 3.63) is 63.7 Å². The Morgan fingerprint density at radius 3 is 2.40 bits per heavy atom. The van der Waals surface area contributed by atoms with E-state index in [0.29, 0.717) is 0 Å². The summed E-state index contributed by atoms with van der Waals surface area (Å²) in [5.74, 6) is 0. The molecule has 104 valence electrons. The van der Waals surface area contributed by atoms with Crippen LogP contribution in [0.5, 0.6) is 0 Å². The van der Waals surface area contributed by atoms with E-state index in [1.807, 2.05) is 54.6 Å². The zero-order chi connectivity index (χ0) is 14.4. The molecule has 0 aliphatic rings. The van der Waals surface area contributed by atoms with Crippen molar-refractivity contribution in [3.8, 4) is 0 Å². The number of urea groups is 1. The summed E-state index contributed by atoms with van der Waals surface area (Å²) in [7, 11) is 0. The third kappa shape index (κ3) is 4.50. The first-order chi connectivity index (χ1) is 9.65. The van der Waals surface area contributed by atoms with Crippen LogP contribution in [0.4, 0.5) is 10.5 Å². The Morgan fingerprint density at radius 1 is 1.10 bits per heavy atom. The summed E-state index contributed by atoms with van der Waals surface area (Å²) in [6.45, 7) is 0.167. The number of aliphatic hydroxyl groups is 1. The van der Waals surface area contributed by atoms with Gasteiger partial charge in [-0.2, -0.15) is 0 Å². The number of carbonyl (C=O) groups is 1. The van der Waals surface area contributed by atoms with Gasteiger partial charge in [0.25, 0.3) is 0 Å². The highest BCUT2D eigenvalue weighted by Crippen LogP contribution is 2.12. The summed E-state index contributed by atoms with van der Waals surface area (Å²) >= 11 is 2.20. The molecule has 2 aromatic carbocycles. The molecule has 3 N–H and O–H groups in total. The van der Waals surface area contributed by atoms with Crippen molar-refractivity contribution in [2.45, 2.75) is 6.10 Å². The minimum Gasteiger partial charge on any atom is -0.387 e. The first-order valence-corrected chi connectivity index (χ1v) is 7.26. The average molecular weight is 382 g/mol. The van der Waals surface area contributed by atoms with E-state index in [2.05, 4.69) is 33.2 Å². The molecule has 0 fully saturated rings. The van der Waals surface area contributed by atoms with Gasteiger partial charge in [-0.1, -0.05) is 30.3 Å². The third-order valence-electron chi connectivity index (χ3n) is 2.74. The Hall–Kier alpha value is -1.60. The second-order valence-electron chi connectivity index (χ2n) is 4.27. The summed E-state index contributed by atoms with van der Waals surface area (Å²) in [4.78, 5) is 11.7. The normalized spacial score (nSPS) is 11.7. The molecular formula is C15H15IN2O2. The monoisotopic (exact) mass is 382 g/mol. The fourth-order valence-corrected chi connectivity index (χ4v) is 2.05. The van der Waals surface area contributed by atoms with Crippen LogP contribution in [-0.4, -0.2) is 17.7 Å². The van der Waals surface area contributed by atoms with Gasteiger partial charge in [0, 0.05) is 15.8 Å². The number of hydrogen-bond donors (Lipinski definition) is 3. The Bertz CT molecular complexity index is 558. The number of carbonyl (C=O) groups excluding carboxylic acids is 1. The first kappa shape index (κ1) is 14.8. The van der Waals surface area contributed by atoms with E-state index in [4.69, 9.17) is 0 Å². The van der Waals surface area contributed by atoms with Crippen LogP contribution >= 0.6 is 22.6 Å². The number of rotatable bonds is 4. The number of amides is 2. The Kier molecular flexibility index (Phi) is 5.37. The molecule has 0 aliphatic carbocycles. The quantitative estimate of drug-likeness (QED) is 0.712. The molecule has 0 aromatic heterocycles. The number of anilines is 1. The maximum atomic E-state index is 11.7. The molecule has 0 aliphatic heterocycles. The number of nitrogens with one attached hydrogen (secondary N) is 2. The van der Waals surface area contributed by atoms with E-state index in [9.17, 15) is 9.90 Å². The standard InChI is InChI=1S/C15H15IN2O2/c16-12-6-8-13(9-7-12)18-15(20)17-10-14(19)11-4-2-1-3-5-11/h1-9,14,19H,10H2,(H2,17,18,20). The van der Waals surface area contributed by atoms with Gasteiger partial charge in [-0.25, -0.2) is 4.79 Å². The van der Waals surface area contributed by atoms with Gasteiger partial charge in [0.1, 0.15) is 0 Å². The van der Waals surface area contributed by atoms with Gasteiger partial charge in [0.05, 0.1) is 6.10 Å². The van der Waals surface area contributed by atoms with Crippen LogP contribution in [0.15, 0.2) is 54.6 Å².